The zero-order valence-electron chi connectivity index (χ0n) is 10.9. The van der Waals surface area contributed by atoms with Gasteiger partial charge in [0.1, 0.15) is 0 Å². The van der Waals surface area contributed by atoms with Gasteiger partial charge < -0.3 is 4.74 Å². The maximum Gasteiger partial charge on any atom is 0.303 e. The van der Waals surface area contributed by atoms with Crippen LogP contribution in [0.4, 0.5) is 5.13 Å². The van der Waals surface area contributed by atoms with Gasteiger partial charge in [-0.05, 0) is 12.1 Å². The molecule has 110 valence electrons. The van der Waals surface area contributed by atoms with Crippen molar-refractivity contribution in [3.05, 3.63) is 33.6 Å². The van der Waals surface area contributed by atoms with Gasteiger partial charge in [0.15, 0.2) is 11.7 Å². The first kappa shape index (κ1) is 15.8. The Hall–Kier alpha value is -1.63. The Labute approximate surface area is 134 Å². The Morgan fingerprint density at radius 2 is 2.10 bits per heavy atom. The number of nitrogens with one attached hydrogen (secondary N) is 1. The van der Waals surface area contributed by atoms with Crippen molar-refractivity contribution in [2.24, 2.45) is 0 Å². The largest absolute Gasteiger partial charge is 0.456 e. The summed E-state index contributed by atoms with van der Waals surface area (Å²) >= 11 is 13.1. The molecule has 8 heteroatoms. The number of thiazole rings is 1. The number of hydrogen-bond acceptors (Lipinski definition) is 5. The second-order valence-corrected chi connectivity index (χ2v) is 5.67. The molecule has 2 aromatic rings. The fraction of sp³-hybridized carbons (Fsp3) is 0.154. The third-order valence-corrected chi connectivity index (χ3v) is 3.87. The van der Waals surface area contributed by atoms with Crippen LogP contribution in [0.25, 0.3) is 11.3 Å². The van der Waals surface area contributed by atoms with Crippen molar-refractivity contribution in [1.29, 1.82) is 0 Å². The van der Waals surface area contributed by atoms with Crippen LogP contribution in [-0.2, 0) is 14.3 Å². The Kier molecular flexibility index (Phi) is 5.17. The molecule has 0 saturated heterocycles. The summed E-state index contributed by atoms with van der Waals surface area (Å²) in [5, 5.41) is 5.63. The van der Waals surface area contributed by atoms with Gasteiger partial charge in [-0.1, -0.05) is 29.3 Å². The molecule has 1 N–H and O–H groups in total. The third-order valence-electron chi connectivity index (χ3n) is 2.37. The van der Waals surface area contributed by atoms with Gasteiger partial charge in [0.25, 0.3) is 5.91 Å². The molecule has 1 heterocycles. The maximum absolute atomic E-state index is 11.5. The lowest BCUT2D eigenvalue weighted by atomic mass is 10.2. The number of rotatable bonds is 4. The maximum atomic E-state index is 11.5. The number of nitrogens with zero attached hydrogens (tertiary/aromatic N) is 1. The van der Waals surface area contributed by atoms with E-state index in [1.807, 2.05) is 0 Å². The molecule has 1 aromatic heterocycles. The van der Waals surface area contributed by atoms with E-state index in [1.165, 1.54) is 18.3 Å². The molecule has 0 aliphatic carbocycles. The average molecular weight is 345 g/mol. The number of halogens is 2. The number of esters is 1. The van der Waals surface area contributed by atoms with Crippen molar-refractivity contribution in [2.45, 2.75) is 6.92 Å². The number of ether oxygens (including phenoxy) is 1. The van der Waals surface area contributed by atoms with Crippen molar-refractivity contribution >= 4 is 51.5 Å². The molecule has 2 rings (SSSR count). The van der Waals surface area contributed by atoms with E-state index in [-0.39, 0.29) is 6.61 Å². The highest BCUT2D eigenvalue weighted by Crippen LogP contribution is 2.30. The average Bonchev–Trinajstić information content (AvgIpc) is 2.88. The Morgan fingerprint density at radius 1 is 1.33 bits per heavy atom. The molecule has 0 spiro atoms. The summed E-state index contributed by atoms with van der Waals surface area (Å²) in [5.41, 5.74) is 1.46. The first-order chi connectivity index (χ1) is 9.95. The number of benzene rings is 1. The highest BCUT2D eigenvalue weighted by molar-refractivity contribution is 7.14. The molecule has 5 nitrogen and oxygen atoms in total. The van der Waals surface area contributed by atoms with Gasteiger partial charge in [0, 0.05) is 17.9 Å². The van der Waals surface area contributed by atoms with Crippen LogP contribution in [0.15, 0.2) is 23.6 Å². The van der Waals surface area contributed by atoms with E-state index in [2.05, 4.69) is 15.0 Å². The third kappa shape index (κ3) is 4.42. The summed E-state index contributed by atoms with van der Waals surface area (Å²) in [6, 6.07) is 5.16. The van der Waals surface area contributed by atoms with Crippen LogP contribution in [0.2, 0.25) is 10.0 Å². The first-order valence-electron chi connectivity index (χ1n) is 5.80. The summed E-state index contributed by atoms with van der Waals surface area (Å²) in [6.45, 7) is 0.899. The molecule has 0 atom stereocenters. The Morgan fingerprint density at radius 3 is 2.76 bits per heavy atom. The summed E-state index contributed by atoms with van der Waals surface area (Å²) in [7, 11) is 0. The second kappa shape index (κ2) is 6.89. The van der Waals surface area contributed by atoms with Crippen molar-refractivity contribution in [3.63, 3.8) is 0 Å². The molecule has 0 fully saturated rings. The van der Waals surface area contributed by atoms with E-state index >= 15 is 0 Å². The van der Waals surface area contributed by atoms with Crippen LogP contribution < -0.4 is 5.32 Å². The Bertz CT molecular complexity index is 688. The van der Waals surface area contributed by atoms with Crippen LogP contribution >= 0.6 is 34.5 Å². The number of carbonyl (C=O) groups excluding carboxylic acids is 2. The predicted molar refractivity (Wildman–Crippen MR) is 82.8 cm³/mol. The van der Waals surface area contributed by atoms with Gasteiger partial charge in [0.2, 0.25) is 0 Å². The van der Waals surface area contributed by atoms with Crippen molar-refractivity contribution < 1.29 is 14.3 Å². The topological polar surface area (TPSA) is 68.3 Å². The molecule has 1 aromatic carbocycles. The molecular formula is C13H10Cl2N2O3S. The Balaban J connectivity index is 2.05. The summed E-state index contributed by atoms with van der Waals surface area (Å²) in [4.78, 5) is 26.4. The van der Waals surface area contributed by atoms with E-state index in [1.54, 1.807) is 23.6 Å². The molecule has 0 aliphatic rings. The van der Waals surface area contributed by atoms with Gasteiger partial charge in [-0.25, -0.2) is 4.98 Å². The summed E-state index contributed by atoms with van der Waals surface area (Å²) in [6.07, 6.45) is 0. The van der Waals surface area contributed by atoms with Crippen LogP contribution in [0.3, 0.4) is 0 Å². The molecule has 0 radical (unpaired) electrons. The number of amides is 1. The van der Waals surface area contributed by atoms with Gasteiger partial charge >= 0.3 is 5.97 Å². The summed E-state index contributed by atoms with van der Waals surface area (Å²) < 4.78 is 4.59. The number of carbonyl (C=O) groups is 2. The van der Waals surface area contributed by atoms with E-state index < -0.39 is 11.9 Å². The SMILES string of the molecule is CC(=O)OCC(=O)Nc1nc(-c2ccc(Cl)c(Cl)c2)cs1. The van der Waals surface area contributed by atoms with Crippen molar-refractivity contribution in [1.82, 2.24) is 4.98 Å². The van der Waals surface area contributed by atoms with Crippen LogP contribution in [0, 0.1) is 0 Å². The van der Waals surface area contributed by atoms with Crippen molar-refractivity contribution in [3.8, 4) is 11.3 Å². The van der Waals surface area contributed by atoms with E-state index in [4.69, 9.17) is 23.2 Å². The van der Waals surface area contributed by atoms with Crippen LogP contribution in [0.1, 0.15) is 6.92 Å². The monoisotopic (exact) mass is 344 g/mol. The molecular weight excluding hydrogens is 335 g/mol. The molecule has 1 amide bonds. The van der Waals surface area contributed by atoms with Gasteiger partial charge in [-0.3, -0.25) is 14.9 Å². The normalized spacial score (nSPS) is 10.2. The van der Waals surface area contributed by atoms with Gasteiger partial charge in [-0.2, -0.15) is 0 Å². The van der Waals surface area contributed by atoms with E-state index in [0.29, 0.717) is 20.9 Å². The lowest BCUT2D eigenvalue weighted by molar-refractivity contribution is -0.144. The number of hydrogen-bond donors (Lipinski definition) is 1. The first-order valence-corrected chi connectivity index (χ1v) is 7.43. The molecule has 0 saturated carbocycles. The molecule has 0 bridgehead atoms. The number of aromatic nitrogens is 1. The summed E-state index contributed by atoms with van der Waals surface area (Å²) in [5.74, 6) is -0.957. The molecule has 0 unspecified atom stereocenters. The van der Waals surface area contributed by atoms with Crippen LogP contribution in [0.5, 0.6) is 0 Å². The van der Waals surface area contributed by atoms with Gasteiger partial charge in [-0.15, -0.1) is 11.3 Å². The van der Waals surface area contributed by atoms with Crippen LogP contribution in [-0.4, -0.2) is 23.5 Å². The van der Waals surface area contributed by atoms with E-state index in [0.717, 1.165) is 5.56 Å². The highest BCUT2D eigenvalue weighted by Gasteiger charge is 2.10. The number of anilines is 1. The molecule has 21 heavy (non-hydrogen) atoms. The lowest BCUT2D eigenvalue weighted by Crippen LogP contribution is -2.19. The lowest BCUT2D eigenvalue weighted by Gasteiger charge is -2.02. The quantitative estimate of drug-likeness (QED) is 0.860. The zero-order valence-corrected chi connectivity index (χ0v) is 13.2. The minimum absolute atomic E-state index is 0.336. The van der Waals surface area contributed by atoms with Gasteiger partial charge in [0.05, 0.1) is 15.7 Å². The fourth-order valence-corrected chi connectivity index (χ4v) is 2.48. The molecule has 0 aliphatic heterocycles. The zero-order chi connectivity index (χ0) is 15.4. The van der Waals surface area contributed by atoms with Crippen molar-refractivity contribution in [2.75, 3.05) is 11.9 Å². The van der Waals surface area contributed by atoms with E-state index in [9.17, 15) is 9.59 Å². The minimum Gasteiger partial charge on any atom is -0.456 e. The predicted octanol–water partition coefficient (Wildman–Crippen LogP) is 3.62. The second-order valence-electron chi connectivity index (χ2n) is 4.00. The minimum atomic E-state index is -0.513. The fourth-order valence-electron chi connectivity index (χ4n) is 1.44. The standard InChI is InChI=1S/C13H10Cl2N2O3S/c1-7(18)20-5-12(19)17-13-16-11(6-21-13)8-2-3-9(14)10(15)4-8/h2-4,6H,5H2,1H3,(H,16,17,19). The smallest absolute Gasteiger partial charge is 0.303 e. The highest BCUT2D eigenvalue weighted by atomic mass is 35.5.